The van der Waals surface area contributed by atoms with Crippen LogP contribution in [0.5, 0.6) is 0 Å². The summed E-state index contributed by atoms with van der Waals surface area (Å²) in [4.78, 5) is 21.4. The highest BCUT2D eigenvalue weighted by atomic mass is 19.3. The first-order valence-corrected chi connectivity index (χ1v) is 7.97. The van der Waals surface area contributed by atoms with Gasteiger partial charge in [-0.1, -0.05) is 12.1 Å². The molecule has 0 radical (unpaired) electrons. The molecule has 130 valence electrons. The second-order valence-electron chi connectivity index (χ2n) is 6.40. The maximum atomic E-state index is 14.2. The van der Waals surface area contributed by atoms with Crippen molar-refractivity contribution in [2.75, 3.05) is 18.0 Å². The van der Waals surface area contributed by atoms with Gasteiger partial charge in [-0.15, -0.1) is 0 Å². The van der Waals surface area contributed by atoms with E-state index < -0.39 is 17.9 Å². The minimum absolute atomic E-state index is 0.193. The minimum Gasteiger partial charge on any atom is -0.389 e. The molecular formula is C17H16F2N4O2. The van der Waals surface area contributed by atoms with Crippen LogP contribution in [0, 0.1) is 0 Å². The van der Waals surface area contributed by atoms with Crippen LogP contribution in [0.25, 0.3) is 11.3 Å². The van der Waals surface area contributed by atoms with E-state index in [4.69, 9.17) is 5.73 Å². The third-order valence-electron chi connectivity index (χ3n) is 4.62. The molecule has 6 nitrogen and oxygen atoms in total. The van der Waals surface area contributed by atoms with E-state index >= 15 is 0 Å². The molecule has 25 heavy (non-hydrogen) atoms. The Bertz CT molecular complexity index is 848. The van der Waals surface area contributed by atoms with E-state index in [0.717, 1.165) is 0 Å². The van der Waals surface area contributed by atoms with Crippen molar-refractivity contribution >= 4 is 11.9 Å². The molecule has 1 aliphatic heterocycles. The van der Waals surface area contributed by atoms with Gasteiger partial charge in [-0.05, 0) is 18.6 Å². The number of primary amides is 1. The number of rotatable bonds is 3. The van der Waals surface area contributed by atoms with Gasteiger partial charge in [0, 0.05) is 36.2 Å². The van der Waals surface area contributed by atoms with Gasteiger partial charge in [0.05, 0.1) is 11.8 Å². The third-order valence-corrected chi connectivity index (χ3v) is 4.62. The fourth-order valence-corrected chi connectivity index (χ4v) is 3.20. The molecule has 2 heterocycles. The molecule has 0 unspecified atom stereocenters. The first-order chi connectivity index (χ1) is 11.8. The minimum atomic E-state index is -2.99. The highest BCUT2D eigenvalue weighted by molar-refractivity contribution is 5.93. The Morgan fingerprint density at radius 2 is 1.92 bits per heavy atom. The summed E-state index contributed by atoms with van der Waals surface area (Å²) < 4.78 is 28.5. The summed E-state index contributed by atoms with van der Waals surface area (Å²) in [5.41, 5.74) is 6.83. The number of nitrogens with zero attached hydrogens (tertiary/aromatic N) is 3. The number of carbonyl (C=O) groups is 1. The number of aromatic nitrogens is 2. The lowest BCUT2D eigenvalue weighted by Gasteiger charge is -2.36. The molecule has 3 N–H and O–H groups in total. The van der Waals surface area contributed by atoms with Crippen LogP contribution in [0.4, 0.5) is 14.7 Å². The molecule has 1 aromatic heterocycles. The van der Waals surface area contributed by atoms with Crippen molar-refractivity contribution in [1.29, 1.82) is 0 Å². The number of hydrogen-bond acceptors (Lipinski definition) is 5. The van der Waals surface area contributed by atoms with Crippen LogP contribution >= 0.6 is 0 Å². The summed E-state index contributed by atoms with van der Waals surface area (Å²) in [6.07, 6.45) is -0.594. The number of alkyl halides is 2. The zero-order valence-corrected chi connectivity index (χ0v) is 13.2. The lowest BCUT2D eigenvalue weighted by molar-refractivity contribution is -0.00597. The summed E-state index contributed by atoms with van der Waals surface area (Å²) in [6, 6.07) is 6.39. The van der Waals surface area contributed by atoms with E-state index in [0.29, 0.717) is 35.5 Å². The fourth-order valence-electron chi connectivity index (χ4n) is 3.20. The molecule has 4 rings (SSSR count). The van der Waals surface area contributed by atoms with Gasteiger partial charge in [0.1, 0.15) is 5.69 Å². The molecule has 0 spiro atoms. The van der Waals surface area contributed by atoms with E-state index in [2.05, 4.69) is 9.97 Å². The van der Waals surface area contributed by atoms with Crippen LogP contribution in [0.15, 0.2) is 24.3 Å². The standard InChI is InChI=1S/C17H16F2N4O2/c18-17(19)6-5-12-13(9-1-3-10(4-2-9)15(20)25)21-16(22-14(12)17)23-7-11(24)8-23/h1-4,11,24H,5-8H2,(H2,20,25). The predicted molar refractivity (Wildman–Crippen MR) is 86.4 cm³/mol. The van der Waals surface area contributed by atoms with E-state index in [9.17, 15) is 18.7 Å². The largest absolute Gasteiger partial charge is 0.389 e. The number of nitrogens with two attached hydrogens (primary N) is 1. The van der Waals surface area contributed by atoms with Crippen molar-refractivity contribution in [3.8, 4) is 11.3 Å². The number of amides is 1. The van der Waals surface area contributed by atoms with Gasteiger partial charge in [-0.2, -0.15) is 8.78 Å². The maximum Gasteiger partial charge on any atom is 0.290 e. The topological polar surface area (TPSA) is 92.3 Å². The average molecular weight is 346 g/mol. The highest BCUT2D eigenvalue weighted by Crippen LogP contribution is 2.44. The number of halogens is 2. The number of aliphatic hydroxyl groups excluding tert-OH is 1. The van der Waals surface area contributed by atoms with Crippen LogP contribution in [-0.4, -0.2) is 40.2 Å². The smallest absolute Gasteiger partial charge is 0.290 e. The molecule has 0 bridgehead atoms. The lowest BCUT2D eigenvalue weighted by atomic mass is 10.0. The van der Waals surface area contributed by atoms with Gasteiger partial charge in [-0.25, -0.2) is 9.97 Å². The quantitative estimate of drug-likeness (QED) is 0.878. The van der Waals surface area contributed by atoms with Crippen LogP contribution < -0.4 is 10.6 Å². The number of aliphatic hydroxyl groups is 1. The second kappa shape index (κ2) is 5.45. The highest BCUT2D eigenvalue weighted by Gasteiger charge is 2.44. The molecule has 1 aromatic carbocycles. The average Bonchev–Trinajstić information content (AvgIpc) is 2.86. The Labute approximate surface area is 142 Å². The maximum absolute atomic E-state index is 14.2. The lowest BCUT2D eigenvalue weighted by Crippen LogP contribution is -2.51. The molecule has 1 aliphatic carbocycles. The molecule has 1 saturated heterocycles. The van der Waals surface area contributed by atoms with Crippen molar-refractivity contribution in [3.05, 3.63) is 41.1 Å². The summed E-state index contributed by atoms with van der Waals surface area (Å²) in [7, 11) is 0. The van der Waals surface area contributed by atoms with Gasteiger partial charge >= 0.3 is 0 Å². The van der Waals surface area contributed by atoms with Crippen LogP contribution in [0.3, 0.4) is 0 Å². The van der Waals surface area contributed by atoms with Crippen LogP contribution in [0.2, 0.25) is 0 Å². The molecular weight excluding hydrogens is 330 g/mol. The van der Waals surface area contributed by atoms with Gasteiger partial charge < -0.3 is 15.7 Å². The van der Waals surface area contributed by atoms with Gasteiger partial charge in [0.15, 0.2) is 0 Å². The normalized spacial score (nSPS) is 18.8. The van der Waals surface area contributed by atoms with Crippen molar-refractivity contribution in [2.24, 2.45) is 5.73 Å². The Morgan fingerprint density at radius 1 is 1.24 bits per heavy atom. The van der Waals surface area contributed by atoms with E-state index in [-0.39, 0.29) is 24.5 Å². The summed E-state index contributed by atoms with van der Waals surface area (Å²) in [5, 5.41) is 9.46. The first kappa shape index (κ1) is 15.9. The Hall–Kier alpha value is -2.61. The van der Waals surface area contributed by atoms with Gasteiger partial charge in [-0.3, -0.25) is 4.79 Å². The van der Waals surface area contributed by atoms with E-state index in [1.165, 1.54) is 0 Å². The Kier molecular flexibility index (Phi) is 3.47. The second-order valence-corrected chi connectivity index (χ2v) is 6.40. The fraction of sp³-hybridized carbons (Fsp3) is 0.353. The van der Waals surface area contributed by atoms with E-state index in [1.807, 2.05) is 0 Å². The molecule has 8 heteroatoms. The van der Waals surface area contributed by atoms with Crippen molar-refractivity contribution in [2.45, 2.75) is 24.9 Å². The predicted octanol–water partition coefficient (Wildman–Crippen LogP) is 1.46. The number of fused-ring (bicyclic) bond motifs is 1. The number of β-amino-alcohol motifs (C(OH)–C–C–N with tert-alkyl or cyclic N) is 1. The Balaban J connectivity index is 1.82. The van der Waals surface area contributed by atoms with Gasteiger partial charge in [0.25, 0.3) is 5.92 Å². The van der Waals surface area contributed by atoms with Crippen LogP contribution in [-0.2, 0) is 12.3 Å². The molecule has 1 amide bonds. The summed E-state index contributed by atoms with van der Waals surface area (Å²) in [6.45, 7) is 0.648. The molecule has 1 fully saturated rings. The first-order valence-electron chi connectivity index (χ1n) is 7.97. The third kappa shape index (κ3) is 2.62. The van der Waals surface area contributed by atoms with Gasteiger partial charge in [0.2, 0.25) is 11.9 Å². The SMILES string of the molecule is NC(=O)c1ccc(-c2nc(N3CC(O)C3)nc3c2CCC3(F)F)cc1. The monoisotopic (exact) mass is 346 g/mol. The Morgan fingerprint density at radius 3 is 2.52 bits per heavy atom. The zero-order chi connectivity index (χ0) is 17.8. The molecule has 2 aromatic rings. The van der Waals surface area contributed by atoms with E-state index in [1.54, 1.807) is 29.2 Å². The van der Waals surface area contributed by atoms with Crippen molar-refractivity contribution in [3.63, 3.8) is 0 Å². The number of carbonyl (C=O) groups excluding carboxylic acids is 1. The molecule has 2 aliphatic rings. The summed E-state index contributed by atoms with van der Waals surface area (Å²) in [5.74, 6) is -3.35. The van der Waals surface area contributed by atoms with Crippen molar-refractivity contribution in [1.82, 2.24) is 9.97 Å². The number of hydrogen-bond donors (Lipinski definition) is 2. The molecule has 0 saturated carbocycles. The molecule has 0 atom stereocenters. The summed E-state index contributed by atoms with van der Waals surface area (Å²) >= 11 is 0. The van der Waals surface area contributed by atoms with Crippen molar-refractivity contribution < 1.29 is 18.7 Å². The zero-order valence-electron chi connectivity index (χ0n) is 13.2. The number of anilines is 1. The van der Waals surface area contributed by atoms with Crippen LogP contribution in [0.1, 0.15) is 28.0 Å². The number of benzene rings is 1.